The molecule has 0 aliphatic carbocycles. The number of rotatable bonds is 5. The summed E-state index contributed by atoms with van der Waals surface area (Å²) < 4.78 is 38.1. The number of hydrogen-bond acceptors (Lipinski definition) is 5. The first-order valence-corrected chi connectivity index (χ1v) is 9.07. The van der Waals surface area contributed by atoms with Crippen molar-refractivity contribution in [1.82, 2.24) is 9.97 Å². The molecule has 0 aliphatic heterocycles. The summed E-state index contributed by atoms with van der Waals surface area (Å²) in [6.45, 7) is 3.66. The Kier molecular flexibility index (Phi) is 4.98. The van der Waals surface area contributed by atoms with Gasteiger partial charge in [-0.2, -0.15) is 0 Å². The number of anilines is 1. The summed E-state index contributed by atoms with van der Waals surface area (Å²) in [6, 6.07) is 5.62. The van der Waals surface area contributed by atoms with Crippen molar-refractivity contribution in [3.63, 3.8) is 0 Å². The number of benzene rings is 1. The second-order valence-electron chi connectivity index (χ2n) is 5.68. The monoisotopic (exact) mass is 351 g/mol. The average Bonchev–Trinajstić information content (AvgIpc) is 2.51. The van der Waals surface area contributed by atoms with Gasteiger partial charge in [0.05, 0.1) is 23.2 Å². The number of aromatic nitrogens is 2. The molecule has 0 amide bonds. The molecule has 0 saturated heterocycles. The van der Waals surface area contributed by atoms with Crippen LogP contribution in [0.4, 0.5) is 10.3 Å². The topological polar surface area (TPSA) is 80.2 Å². The standard InChI is InChI=1S/C16H18FN3O3S/c1-10(2)14-13(9-21)15(11-6-5-7-12(17)8-11)19-16(18-14)20(3)24(4,22)23/h5-10H,1-4H3. The van der Waals surface area contributed by atoms with Crippen LogP contribution in [-0.2, 0) is 10.0 Å². The Morgan fingerprint density at radius 2 is 1.92 bits per heavy atom. The largest absolute Gasteiger partial charge is 0.298 e. The van der Waals surface area contributed by atoms with Crippen LogP contribution in [-0.4, -0.2) is 38.0 Å². The first-order chi connectivity index (χ1) is 11.1. The lowest BCUT2D eigenvalue weighted by Crippen LogP contribution is -2.27. The summed E-state index contributed by atoms with van der Waals surface area (Å²) in [7, 11) is -2.25. The minimum Gasteiger partial charge on any atom is -0.298 e. The van der Waals surface area contributed by atoms with Crippen molar-refractivity contribution in [2.45, 2.75) is 19.8 Å². The third kappa shape index (κ3) is 3.59. The Bertz CT molecular complexity index is 882. The van der Waals surface area contributed by atoms with Crippen molar-refractivity contribution in [3.05, 3.63) is 41.3 Å². The predicted octanol–water partition coefficient (Wildman–Crippen LogP) is 2.61. The average molecular weight is 351 g/mol. The van der Waals surface area contributed by atoms with E-state index in [2.05, 4.69) is 9.97 Å². The number of carbonyl (C=O) groups excluding carboxylic acids is 1. The van der Waals surface area contributed by atoms with Crippen LogP contribution in [0.5, 0.6) is 0 Å². The first-order valence-electron chi connectivity index (χ1n) is 7.22. The fourth-order valence-corrected chi connectivity index (χ4v) is 2.55. The zero-order valence-electron chi connectivity index (χ0n) is 13.8. The predicted molar refractivity (Wildman–Crippen MR) is 90.1 cm³/mol. The van der Waals surface area contributed by atoms with Crippen LogP contribution in [0.25, 0.3) is 11.3 Å². The maximum absolute atomic E-state index is 13.6. The van der Waals surface area contributed by atoms with Crippen molar-refractivity contribution in [1.29, 1.82) is 0 Å². The van der Waals surface area contributed by atoms with Gasteiger partial charge in [-0.3, -0.25) is 4.79 Å². The van der Waals surface area contributed by atoms with Gasteiger partial charge in [-0.05, 0) is 18.1 Å². The van der Waals surface area contributed by atoms with Gasteiger partial charge in [-0.15, -0.1) is 0 Å². The van der Waals surface area contributed by atoms with E-state index in [1.165, 1.54) is 25.2 Å². The van der Waals surface area contributed by atoms with E-state index in [-0.39, 0.29) is 23.1 Å². The summed E-state index contributed by atoms with van der Waals surface area (Å²) in [5.74, 6) is -0.689. The van der Waals surface area contributed by atoms with Crippen LogP contribution in [0.1, 0.15) is 35.8 Å². The molecule has 6 nitrogen and oxygen atoms in total. The lowest BCUT2D eigenvalue weighted by atomic mass is 9.99. The van der Waals surface area contributed by atoms with E-state index in [1.54, 1.807) is 6.07 Å². The van der Waals surface area contributed by atoms with Gasteiger partial charge in [-0.25, -0.2) is 27.1 Å². The zero-order valence-corrected chi connectivity index (χ0v) is 14.6. The van der Waals surface area contributed by atoms with E-state index < -0.39 is 15.8 Å². The third-order valence-electron chi connectivity index (χ3n) is 3.51. The van der Waals surface area contributed by atoms with Crippen molar-refractivity contribution in [2.75, 3.05) is 17.6 Å². The molecular formula is C16H18FN3O3S. The lowest BCUT2D eigenvalue weighted by Gasteiger charge is -2.19. The molecule has 0 bridgehead atoms. The van der Waals surface area contributed by atoms with Gasteiger partial charge in [-0.1, -0.05) is 26.0 Å². The Balaban J connectivity index is 2.81. The van der Waals surface area contributed by atoms with Gasteiger partial charge in [0.25, 0.3) is 0 Å². The Morgan fingerprint density at radius 3 is 2.42 bits per heavy atom. The summed E-state index contributed by atoms with van der Waals surface area (Å²) in [5.41, 5.74) is 1.21. The molecule has 0 N–H and O–H groups in total. The van der Waals surface area contributed by atoms with Crippen LogP contribution >= 0.6 is 0 Å². The minimum absolute atomic E-state index is 0.0638. The van der Waals surface area contributed by atoms with Crippen molar-refractivity contribution in [2.24, 2.45) is 0 Å². The van der Waals surface area contributed by atoms with Crippen molar-refractivity contribution in [3.8, 4) is 11.3 Å². The highest BCUT2D eigenvalue weighted by molar-refractivity contribution is 7.92. The SMILES string of the molecule is CC(C)c1nc(N(C)S(C)(=O)=O)nc(-c2cccc(F)c2)c1C=O. The number of carbonyl (C=O) groups is 1. The molecule has 2 rings (SSSR count). The highest BCUT2D eigenvalue weighted by Gasteiger charge is 2.22. The van der Waals surface area contributed by atoms with Gasteiger partial charge in [0.2, 0.25) is 16.0 Å². The van der Waals surface area contributed by atoms with Crippen LogP contribution in [0.2, 0.25) is 0 Å². The molecule has 0 saturated carbocycles. The third-order valence-corrected chi connectivity index (χ3v) is 4.66. The van der Waals surface area contributed by atoms with E-state index in [1.807, 2.05) is 13.8 Å². The van der Waals surface area contributed by atoms with Gasteiger partial charge in [0.1, 0.15) is 5.82 Å². The molecule has 0 fully saturated rings. The number of hydrogen-bond donors (Lipinski definition) is 0. The highest BCUT2D eigenvalue weighted by Crippen LogP contribution is 2.29. The Hall–Kier alpha value is -2.35. The molecule has 1 aromatic carbocycles. The van der Waals surface area contributed by atoms with Gasteiger partial charge < -0.3 is 0 Å². The molecule has 0 unspecified atom stereocenters. The number of aldehydes is 1. The van der Waals surface area contributed by atoms with E-state index >= 15 is 0 Å². The van der Waals surface area contributed by atoms with Crippen molar-refractivity contribution >= 4 is 22.3 Å². The summed E-state index contributed by atoms with van der Waals surface area (Å²) in [4.78, 5) is 20.0. The van der Waals surface area contributed by atoms with E-state index in [9.17, 15) is 17.6 Å². The maximum Gasteiger partial charge on any atom is 0.239 e. The molecule has 8 heteroatoms. The van der Waals surface area contributed by atoms with Gasteiger partial charge in [0, 0.05) is 12.6 Å². The summed E-state index contributed by atoms with van der Waals surface area (Å²) in [6.07, 6.45) is 1.64. The molecule has 0 radical (unpaired) electrons. The molecule has 0 atom stereocenters. The Labute approximate surface area is 140 Å². The van der Waals surface area contributed by atoms with Crippen LogP contribution in [0, 0.1) is 5.82 Å². The molecule has 2 aromatic rings. The smallest absolute Gasteiger partial charge is 0.239 e. The molecule has 0 aliphatic rings. The second kappa shape index (κ2) is 6.64. The normalized spacial score (nSPS) is 11.6. The molecule has 24 heavy (non-hydrogen) atoms. The zero-order chi connectivity index (χ0) is 18.1. The van der Waals surface area contributed by atoms with E-state index in [0.717, 1.165) is 10.6 Å². The molecule has 128 valence electrons. The number of nitrogens with zero attached hydrogens (tertiary/aromatic N) is 3. The summed E-state index contributed by atoms with van der Waals surface area (Å²) in [5, 5.41) is 0. The molecule has 0 spiro atoms. The van der Waals surface area contributed by atoms with Crippen LogP contribution in [0.15, 0.2) is 24.3 Å². The first kappa shape index (κ1) is 18.0. The van der Waals surface area contributed by atoms with Crippen LogP contribution < -0.4 is 4.31 Å². The van der Waals surface area contributed by atoms with E-state index in [4.69, 9.17) is 0 Å². The highest BCUT2D eigenvalue weighted by atomic mass is 32.2. The second-order valence-corrected chi connectivity index (χ2v) is 7.70. The van der Waals surface area contributed by atoms with E-state index in [0.29, 0.717) is 17.5 Å². The van der Waals surface area contributed by atoms with Crippen molar-refractivity contribution < 1.29 is 17.6 Å². The number of sulfonamides is 1. The lowest BCUT2D eigenvalue weighted by molar-refractivity contribution is 0.112. The van der Waals surface area contributed by atoms with Crippen LogP contribution in [0.3, 0.4) is 0 Å². The maximum atomic E-state index is 13.6. The summed E-state index contributed by atoms with van der Waals surface area (Å²) >= 11 is 0. The fraction of sp³-hybridized carbons (Fsp3) is 0.312. The van der Waals surface area contributed by atoms with Gasteiger partial charge in [0.15, 0.2) is 6.29 Å². The fourth-order valence-electron chi connectivity index (χ4n) is 2.18. The molecule has 1 aromatic heterocycles. The molecule has 1 heterocycles. The quantitative estimate of drug-likeness (QED) is 0.774. The van der Waals surface area contributed by atoms with Gasteiger partial charge >= 0.3 is 0 Å². The number of halogens is 1. The minimum atomic E-state index is -3.58. The Morgan fingerprint density at radius 1 is 1.25 bits per heavy atom. The molecular weight excluding hydrogens is 333 g/mol.